The minimum atomic E-state index is -3.45. The molecule has 43 heavy (non-hydrogen) atoms. The zero-order valence-corrected chi connectivity index (χ0v) is 24.5. The van der Waals surface area contributed by atoms with Crippen LogP contribution in [0.5, 0.6) is 5.75 Å². The topological polar surface area (TPSA) is 132 Å². The highest BCUT2D eigenvalue weighted by atomic mass is 19.3. The molecular weight excluding hydrogens is 558 g/mol. The standard InChI is InChI=1S/C32H36F2N4O5/c1-19-16-35-14-13-22(19)17-36-29(42)27-31(3,4)32(33,34)18-38(27)30(43)26(40)24(15-21-9-6-5-7-10-21)37-28(41)23-11-8-12-25(39)20(23)2/h5-14,16,24,26-27,39-40H,15,17-18H2,1-4H3,(H,36,42)(H,37,41)/t24-,26-,27?/m0/s1. The normalized spacial score (nSPS) is 18.5. The number of aromatic hydroxyl groups is 1. The number of aliphatic hydroxyl groups excluding tert-OH is 1. The van der Waals surface area contributed by atoms with Crippen LogP contribution in [0.25, 0.3) is 0 Å². The maximum atomic E-state index is 15.3. The molecule has 0 bridgehead atoms. The molecule has 3 aromatic rings. The van der Waals surface area contributed by atoms with Crippen molar-refractivity contribution in [1.29, 1.82) is 0 Å². The molecule has 1 aliphatic rings. The Morgan fingerprint density at radius 2 is 1.77 bits per heavy atom. The number of amides is 3. The van der Waals surface area contributed by atoms with Crippen LogP contribution in [0.15, 0.2) is 67.0 Å². The van der Waals surface area contributed by atoms with Gasteiger partial charge in [0.25, 0.3) is 17.7 Å². The summed E-state index contributed by atoms with van der Waals surface area (Å²) in [6.07, 6.45) is 1.18. The van der Waals surface area contributed by atoms with E-state index < -0.39 is 53.8 Å². The molecule has 3 atom stereocenters. The molecule has 4 N–H and O–H groups in total. The van der Waals surface area contributed by atoms with Crippen molar-refractivity contribution in [3.63, 3.8) is 0 Å². The van der Waals surface area contributed by atoms with Gasteiger partial charge in [-0.05, 0) is 55.2 Å². The first-order chi connectivity index (χ1) is 20.2. The Balaban J connectivity index is 1.62. The lowest BCUT2D eigenvalue weighted by molar-refractivity contribution is -0.148. The second-order valence-corrected chi connectivity index (χ2v) is 11.5. The first-order valence-corrected chi connectivity index (χ1v) is 13.9. The monoisotopic (exact) mass is 594 g/mol. The number of aryl methyl sites for hydroxylation is 1. The van der Waals surface area contributed by atoms with Gasteiger partial charge in [-0.3, -0.25) is 19.4 Å². The van der Waals surface area contributed by atoms with Gasteiger partial charge in [-0.25, -0.2) is 8.78 Å². The molecule has 11 heteroatoms. The summed E-state index contributed by atoms with van der Waals surface area (Å²) in [5.74, 6) is -6.14. The van der Waals surface area contributed by atoms with Crippen molar-refractivity contribution in [3.8, 4) is 5.75 Å². The van der Waals surface area contributed by atoms with Crippen LogP contribution in [0.3, 0.4) is 0 Å². The van der Waals surface area contributed by atoms with Gasteiger partial charge in [0.2, 0.25) is 5.91 Å². The summed E-state index contributed by atoms with van der Waals surface area (Å²) in [5, 5.41) is 26.7. The molecule has 0 radical (unpaired) electrons. The number of carbonyl (C=O) groups excluding carboxylic acids is 3. The van der Waals surface area contributed by atoms with E-state index in [4.69, 9.17) is 0 Å². The third-order valence-electron chi connectivity index (χ3n) is 8.23. The highest BCUT2D eigenvalue weighted by Crippen LogP contribution is 2.48. The number of nitrogens with zero attached hydrogens (tertiary/aromatic N) is 2. The second kappa shape index (κ2) is 12.5. The number of aromatic nitrogens is 1. The van der Waals surface area contributed by atoms with Crippen molar-refractivity contribution in [2.75, 3.05) is 6.54 Å². The third-order valence-corrected chi connectivity index (χ3v) is 8.23. The minimum absolute atomic E-state index is 0.0108. The van der Waals surface area contributed by atoms with Crippen LogP contribution in [0.1, 0.15) is 46.5 Å². The van der Waals surface area contributed by atoms with E-state index in [0.717, 1.165) is 11.1 Å². The summed E-state index contributed by atoms with van der Waals surface area (Å²) in [6.45, 7) is 4.72. The molecule has 1 aliphatic heterocycles. The van der Waals surface area contributed by atoms with Gasteiger partial charge < -0.3 is 25.7 Å². The lowest BCUT2D eigenvalue weighted by atomic mass is 9.81. The summed E-state index contributed by atoms with van der Waals surface area (Å²) in [7, 11) is 0. The largest absolute Gasteiger partial charge is 0.508 e. The SMILES string of the molecule is Cc1cnccc1CNC(=O)C1N(C(=O)[C@@H](O)[C@H](Cc2ccccc2)NC(=O)c2cccc(O)c2C)CC(F)(F)C1(C)C. The van der Waals surface area contributed by atoms with Crippen LogP contribution < -0.4 is 10.6 Å². The number of phenolic OH excluding ortho intramolecular Hbond substituents is 1. The van der Waals surface area contributed by atoms with E-state index in [2.05, 4.69) is 15.6 Å². The van der Waals surface area contributed by atoms with Crippen molar-refractivity contribution in [3.05, 3.63) is 94.8 Å². The van der Waals surface area contributed by atoms with Crippen molar-refractivity contribution >= 4 is 17.7 Å². The van der Waals surface area contributed by atoms with Gasteiger partial charge in [0, 0.05) is 30.1 Å². The van der Waals surface area contributed by atoms with E-state index in [1.807, 2.05) is 0 Å². The first kappa shape index (κ1) is 31.6. The van der Waals surface area contributed by atoms with Crippen molar-refractivity contribution in [2.24, 2.45) is 5.41 Å². The van der Waals surface area contributed by atoms with Crippen molar-refractivity contribution < 1.29 is 33.4 Å². The smallest absolute Gasteiger partial charge is 0.272 e. The predicted molar refractivity (Wildman–Crippen MR) is 155 cm³/mol. The van der Waals surface area contributed by atoms with Crippen LogP contribution in [0.2, 0.25) is 0 Å². The number of hydrogen-bond acceptors (Lipinski definition) is 6. The van der Waals surface area contributed by atoms with Crippen LogP contribution >= 0.6 is 0 Å². The van der Waals surface area contributed by atoms with Gasteiger partial charge in [0.05, 0.1) is 18.0 Å². The lowest BCUT2D eigenvalue weighted by Gasteiger charge is -2.34. The molecule has 9 nitrogen and oxygen atoms in total. The summed E-state index contributed by atoms with van der Waals surface area (Å²) in [4.78, 5) is 45.2. The second-order valence-electron chi connectivity index (χ2n) is 11.5. The van der Waals surface area contributed by atoms with Gasteiger partial charge in [0.1, 0.15) is 11.8 Å². The van der Waals surface area contributed by atoms with E-state index in [0.29, 0.717) is 16.0 Å². The number of phenols is 1. The summed E-state index contributed by atoms with van der Waals surface area (Å²) < 4.78 is 30.7. The van der Waals surface area contributed by atoms with E-state index in [1.54, 1.807) is 62.6 Å². The number of likely N-dealkylation sites (tertiary alicyclic amines) is 1. The van der Waals surface area contributed by atoms with Gasteiger partial charge >= 0.3 is 0 Å². The number of benzene rings is 2. The minimum Gasteiger partial charge on any atom is -0.508 e. The van der Waals surface area contributed by atoms with Crippen LogP contribution in [0, 0.1) is 19.3 Å². The zero-order valence-electron chi connectivity index (χ0n) is 24.5. The molecule has 1 unspecified atom stereocenters. The highest BCUT2D eigenvalue weighted by molar-refractivity contribution is 5.97. The number of aliphatic hydroxyl groups is 1. The number of carbonyl (C=O) groups is 3. The maximum Gasteiger partial charge on any atom is 0.272 e. The first-order valence-electron chi connectivity index (χ1n) is 13.9. The fourth-order valence-corrected chi connectivity index (χ4v) is 5.32. The third kappa shape index (κ3) is 6.51. The molecule has 4 rings (SSSR count). The quantitative estimate of drug-likeness (QED) is 0.301. The zero-order chi connectivity index (χ0) is 31.5. The molecule has 0 aliphatic carbocycles. The summed E-state index contributed by atoms with van der Waals surface area (Å²) in [6, 6.07) is 12.0. The van der Waals surface area contributed by atoms with Crippen molar-refractivity contribution in [1.82, 2.24) is 20.5 Å². The Morgan fingerprint density at radius 1 is 1.07 bits per heavy atom. The Bertz CT molecular complexity index is 1500. The van der Waals surface area contributed by atoms with Gasteiger partial charge in [-0.1, -0.05) is 50.2 Å². The molecule has 2 heterocycles. The number of rotatable bonds is 9. The summed E-state index contributed by atoms with van der Waals surface area (Å²) in [5.41, 5.74) is 0.648. The average Bonchev–Trinajstić information content (AvgIpc) is 3.16. The number of nitrogens with one attached hydrogen (secondary N) is 2. The maximum absolute atomic E-state index is 15.3. The Labute approximate surface area is 248 Å². The number of alkyl halides is 2. The van der Waals surface area contributed by atoms with Crippen LogP contribution in [-0.2, 0) is 22.6 Å². The molecule has 2 aromatic carbocycles. The van der Waals surface area contributed by atoms with E-state index in [1.165, 1.54) is 32.0 Å². The number of halogens is 2. The molecule has 228 valence electrons. The fourth-order valence-electron chi connectivity index (χ4n) is 5.32. The number of pyridine rings is 1. The van der Waals surface area contributed by atoms with Gasteiger partial charge in [0.15, 0.2) is 6.10 Å². The average molecular weight is 595 g/mol. The van der Waals surface area contributed by atoms with E-state index in [9.17, 15) is 24.6 Å². The van der Waals surface area contributed by atoms with Gasteiger partial charge in [-0.2, -0.15) is 0 Å². The molecule has 1 fully saturated rings. The molecule has 3 amide bonds. The molecule has 0 saturated carbocycles. The Hall–Kier alpha value is -4.38. The fraction of sp³-hybridized carbons (Fsp3) is 0.375. The lowest BCUT2D eigenvalue weighted by Crippen LogP contribution is -2.57. The molecule has 1 saturated heterocycles. The van der Waals surface area contributed by atoms with E-state index in [-0.39, 0.29) is 24.3 Å². The number of hydrogen-bond donors (Lipinski definition) is 4. The van der Waals surface area contributed by atoms with Crippen LogP contribution in [0.4, 0.5) is 8.78 Å². The van der Waals surface area contributed by atoms with E-state index >= 15 is 8.78 Å². The van der Waals surface area contributed by atoms with Crippen molar-refractivity contribution in [2.45, 2.75) is 64.8 Å². The Morgan fingerprint density at radius 3 is 2.44 bits per heavy atom. The molecular formula is C32H36F2N4O5. The predicted octanol–water partition coefficient (Wildman–Crippen LogP) is 3.29. The molecule has 1 aromatic heterocycles. The van der Waals surface area contributed by atoms with Crippen LogP contribution in [-0.4, -0.2) is 68.5 Å². The van der Waals surface area contributed by atoms with Gasteiger partial charge in [-0.15, -0.1) is 0 Å². The Kier molecular flexibility index (Phi) is 9.15. The molecule has 0 spiro atoms. The highest BCUT2D eigenvalue weighted by Gasteiger charge is 2.64. The summed E-state index contributed by atoms with van der Waals surface area (Å²) >= 11 is 0.